The van der Waals surface area contributed by atoms with Crippen LogP contribution in [0.3, 0.4) is 0 Å². The Labute approximate surface area is 251 Å². The number of amides is 2. The number of aromatic nitrogens is 1. The van der Waals surface area contributed by atoms with E-state index in [2.05, 4.69) is 0 Å². The van der Waals surface area contributed by atoms with Gasteiger partial charge in [-0.05, 0) is 49.0 Å². The number of likely N-dealkylation sites (N-methyl/N-ethyl adjacent to an activating group) is 1. The predicted octanol–water partition coefficient (Wildman–Crippen LogP) is 4.01. The first kappa shape index (κ1) is 30.6. The summed E-state index contributed by atoms with van der Waals surface area (Å²) in [7, 11) is -0.424. The number of fused-ring (bicyclic) bond motifs is 2. The Bertz CT molecular complexity index is 1580. The van der Waals surface area contributed by atoms with Gasteiger partial charge >= 0.3 is 0 Å². The molecule has 1 saturated heterocycles. The largest absolute Gasteiger partial charge is 0.491 e. The second kappa shape index (κ2) is 11.7. The second-order valence-corrected chi connectivity index (χ2v) is 15.6. The number of nitrogens with zero attached hydrogens (tertiary/aromatic N) is 3. The Kier molecular flexibility index (Phi) is 8.34. The number of rotatable bonds is 9. The van der Waals surface area contributed by atoms with Gasteiger partial charge in [-0.25, -0.2) is 0 Å². The third kappa shape index (κ3) is 5.30. The number of hydrogen-bond donors (Lipinski definition) is 1. The lowest BCUT2D eigenvalue weighted by molar-refractivity contribution is -0.149. The first-order chi connectivity index (χ1) is 20.4. The van der Waals surface area contributed by atoms with Gasteiger partial charge in [-0.15, -0.1) is 0 Å². The lowest BCUT2D eigenvalue weighted by Crippen LogP contribution is -2.44. The number of pyridine rings is 1. The molecule has 1 fully saturated rings. The highest BCUT2D eigenvalue weighted by Crippen LogP contribution is 2.60. The van der Waals surface area contributed by atoms with E-state index in [-0.39, 0.29) is 49.2 Å². The summed E-state index contributed by atoms with van der Waals surface area (Å²) in [6.45, 7) is 5.17. The summed E-state index contributed by atoms with van der Waals surface area (Å²) in [5, 5.41) is 9.70. The van der Waals surface area contributed by atoms with Crippen LogP contribution in [-0.2, 0) is 26.5 Å². The van der Waals surface area contributed by atoms with E-state index >= 15 is 4.11 Å². The zero-order valence-electron chi connectivity index (χ0n) is 25.1. The summed E-state index contributed by atoms with van der Waals surface area (Å²) in [6, 6.07) is 18.0. The van der Waals surface area contributed by atoms with E-state index in [9.17, 15) is 19.5 Å². The fourth-order valence-corrected chi connectivity index (χ4v) is 9.34. The predicted molar refractivity (Wildman–Crippen MR) is 164 cm³/mol. The molecule has 2 aliphatic rings. The summed E-state index contributed by atoms with van der Waals surface area (Å²) >= 11 is 0. The molecule has 2 aromatic carbocycles. The zero-order chi connectivity index (χ0) is 31.1. The maximum absolute atomic E-state index is 16.2. The molecule has 0 saturated carbocycles. The van der Waals surface area contributed by atoms with Crippen LogP contribution in [-0.4, -0.2) is 68.2 Å². The fraction of sp³-hybridized carbons (Fsp3) is 0.406. The van der Waals surface area contributed by atoms with E-state index in [0.717, 1.165) is 5.56 Å². The Morgan fingerprint density at radius 3 is 2.51 bits per heavy atom. The molecule has 3 heterocycles. The lowest BCUT2D eigenvalue weighted by Gasteiger charge is -2.31. The van der Waals surface area contributed by atoms with Crippen molar-refractivity contribution in [2.24, 2.45) is 5.92 Å². The van der Waals surface area contributed by atoms with Crippen molar-refractivity contribution in [1.82, 2.24) is 9.47 Å². The zero-order valence-corrected chi connectivity index (χ0v) is 26.1. The maximum Gasteiger partial charge on any atom is 0.297 e. The van der Waals surface area contributed by atoms with E-state index in [1.54, 1.807) is 61.6 Å². The lowest BCUT2D eigenvalue weighted by atomic mass is 9.82. The monoisotopic (exact) mass is 607 g/mol. The van der Waals surface area contributed by atoms with Crippen LogP contribution in [0.2, 0.25) is 18.6 Å². The average molecular weight is 608 g/mol. The summed E-state index contributed by atoms with van der Waals surface area (Å²) < 4.78 is 29.5. The van der Waals surface area contributed by atoms with Gasteiger partial charge in [0.15, 0.2) is 11.4 Å². The highest BCUT2D eigenvalue weighted by molar-refractivity contribution is 6.72. The highest BCUT2D eigenvalue weighted by Gasteiger charge is 2.66. The third-order valence-corrected chi connectivity index (χ3v) is 11.3. The molecule has 3 aromatic rings. The van der Waals surface area contributed by atoms with E-state index < -0.39 is 31.6 Å². The SMILES string of the molecule is COc1cccn(-c2ccc3c(c2)[C@@]2(O[C@H](CC(=O)N(CCO)Cc4ccccc4)[C@@H]([Si](C)(C)F)[C@@H]2C)C(=O)N3C)c1=O. The van der Waals surface area contributed by atoms with Gasteiger partial charge in [-0.2, -0.15) is 0 Å². The van der Waals surface area contributed by atoms with Gasteiger partial charge in [-0.1, -0.05) is 37.3 Å². The average Bonchev–Trinajstić information content (AvgIpc) is 3.39. The maximum atomic E-state index is 16.2. The molecular formula is C32H38FN3O6Si. The van der Waals surface area contributed by atoms with E-state index in [1.807, 2.05) is 37.3 Å². The molecule has 0 unspecified atom stereocenters. The Morgan fingerprint density at radius 1 is 1.14 bits per heavy atom. The van der Waals surface area contributed by atoms with E-state index in [1.165, 1.54) is 16.6 Å². The fourth-order valence-electron chi connectivity index (χ4n) is 6.84. The molecule has 0 radical (unpaired) electrons. The molecule has 1 N–H and O–H groups in total. The van der Waals surface area contributed by atoms with Crippen LogP contribution < -0.4 is 15.2 Å². The highest BCUT2D eigenvalue weighted by atomic mass is 28.4. The molecule has 43 heavy (non-hydrogen) atoms. The number of carbonyl (C=O) groups is 2. The van der Waals surface area contributed by atoms with Crippen molar-refractivity contribution in [1.29, 1.82) is 0 Å². The first-order valence-corrected chi connectivity index (χ1v) is 17.4. The van der Waals surface area contributed by atoms with Crippen molar-refractivity contribution in [2.75, 3.05) is 32.2 Å². The summed E-state index contributed by atoms with van der Waals surface area (Å²) in [5.74, 6) is -1.04. The van der Waals surface area contributed by atoms with Gasteiger partial charge in [0, 0.05) is 49.0 Å². The van der Waals surface area contributed by atoms with Crippen molar-refractivity contribution in [3.8, 4) is 11.4 Å². The van der Waals surface area contributed by atoms with Crippen LogP contribution in [0.5, 0.6) is 5.75 Å². The molecule has 228 valence electrons. The van der Waals surface area contributed by atoms with Crippen molar-refractivity contribution in [2.45, 2.75) is 50.2 Å². The second-order valence-electron chi connectivity index (χ2n) is 11.8. The standard InChI is InChI=1S/C32H38FN3O6Si/c1-21-29(43(4,5)33)27(19-28(38)35(16-17-37)20-22-10-7-6-8-11-22)42-32(21)24-18-23(13-14-25(24)34(2)31(32)40)36-15-9-12-26(41-3)30(36)39/h6-15,18,21,27,29,37H,16-17,19-20H2,1-5H3/t21-,27+,29-,32+/m0/s1. The van der Waals surface area contributed by atoms with Crippen molar-refractivity contribution in [3.63, 3.8) is 0 Å². The van der Waals surface area contributed by atoms with E-state index in [4.69, 9.17) is 9.47 Å². The van der Waals surface area contributed by atoms with Gasteiger partial charge < -0.3 is 28.5 Å². The van der Waals surface area contributed by atoms with Crippen LogP contribution in [0.25, 0.3) is 5.69 Å². The third-order valence-electron chi connectivity index (χ3n) is 8.80. The smallest absolute Gasteiger partial charge is 0.297 e. The molecule has 0 aliphatic carbocycles. The number of anilines is 1. The molecule has 1 aromatic heterocycles. The number of carbonyl (C=O) groups excluding carboxylic acids is 2. The van der Waals surface area contributed by atoms with Crippen LogP contribution in [0.15, 0.2) is 71.7 Å². The summed E-state index contributed by atoms with van der Waals surface area (Å²) in [6.07, 6.45) is 0.617. The minimum absolute atomic E-state index is 0.116. The van der Waals surface area contributed by atoms with Crippen LogP contribution in [0.1, 0.15) is 24.5 Å². The van der Waals surface area contributed by atoms with Crippen molar-refractivity contribution in [3.05, 3.63) is 88.3 Å². The summed E-state index contributed by atoms with van der Waals surface area (Å²) in [5.41, 5.74) is -0.0176. The number of ether oxygens (including phenoxy) is 2. The molecule has 9 nitrogen and oxygen atoms in total. The Hall–Kier alpha value is -3.80. The van der Waals surface area contributed by atoms with Crippen molar-refractivity contribution < 1.29 is 28.3 Å². The first-order valence-electron chi connectivity index (χ1n) is 14.4. The number of methoxy groups -OCH3 is 1. The number of benzene rings is 2. The quantitative estimate of drug-likeness (QED) is 0.292. The molecule has 11 heteroatoms. The van der Waals surface area contributed by atoms with Crippen LogP contribution >= 0.6 is 0 Å². The molecule has 4 atom stereocenters. The van der Waals surface area contributed by atoms with Crippen molar-refractivity contribution >= 4 is 25.9 Å². The topological polar surface area (TPSA) is 101 Å². The molecule has 2 aliphatic heterocycles. The van der Waals surface area contributed by atoms with Crippen LogP contribution in [0, 0.1) is 5.92 Å². The van der Waals surface area contributed by atoms with Crippen LogP contribution in [0.4, 0.5) is 9.80 Å². The Morgan fingerprint density at radius 2 is 1.86 bits per heavy atom. The Balaban J connectivity index is 1.55. The number of aliphatic hydroxyl groups is 1. The molecule has 5 rings (SSSR count). The van der Waals surface area contributed by atoms with Gasteiger partial charge in [0.05, 0.1) is 31.9 Å². The normalized spacial score (nSPS) is 23.1. The number of halogens is 1. The summed E-state index contributed by atoms with van der Waals surface area (Å²) in [4.78, 5) is 43.8. The molecule has 2 amide bonds. The minimum Gasteiger partial charge on any atom is -0.491 e. The van der Waals surface area contributed by atoms with Gasteiger partial charge in [0.25, 0.3) is 11.5 Å². The molecular weight excluding hydrogens is 569 g/mol. The van der Waals surface area contributed by atoms with Gasteiger partial charge in [0.2, 0.25) is 14.3 Å². The molecule has 0 bridgehead atoms. The van der Waals surface area contributed by atoms with E-state index in [0.29, 0.717) is 16.9 Å². The number of hydrogen-bond acceptors (Lipinski definition) is 6. The van der Waals surface area contributed by atoms with Gasteiger partial charge in [0.1, 0.15) is 0 Å². The molecule has 1 spiro atoms. The number of aliphatic hydroxyl groups excluding tert-OH is 1. The van der Waals surface area contributed by atoms with Gasteiger partial charge in [-0.3, -0.25) is 19.0 Å². The minimum atomic E-state index is -3.50.